The molecule has 0 aliphatic carbocycles. The first-order valence-electron chi connectivity index (χ1n) is 8.43. The molecule has 0 bridgehead atoms. The van der Waals surface area contributed by atoms with Crippen LogP contribution in [0.1, 0.15) is 19.4 Å². The summed E-state index contributed by atoms with van der Waals surface area (Å²) in [5.74, 6) is -0.960. The number of hydrogen-bond acceptors (Lipinski definition) is 4. The van der Waals surface area contributed by atoms with Crippen LogP contribution in [0.2, 0.25) is 5.02 Å². The summed E-state index contributed by atoms with van der Waals surface area (Å²) in [5, 5.41) is 10.5. The van der Waals surface area contributed by atoms with Crippen molar-refractivity contribution >= 4 is 17.2 Å². The number of aliphatic hydroxyl groups is 1. The number of halogens is 3. The number of imidazole rings is 1. The van der Waals surface area contributed by atoms with Gasteiger partial charge in [0.05, 0.1) is 28.7 Å². The lowest BCUT2D eigenvalue weighted by atomic mass is 9.99. The Balaban J connectivity index is 1.86. The van der Waals surface area contributed by atoms with E-state index in [1.807, 2.05) is 0 Å². The molecule has 142 valence electrons. The van der Waals surface area contributed by atoms with Crippen molar-refractivity contribution in [3.05, 3.63) is 71.1 Å². The zero-order valence-electron chi connectivity index (χ0n) is 15.0. The average molecular weight is 401 g/mol. The van der Waals surface area contributed by atoms with Gasteiger partial charge in [-0.3, -0.25) is 4.40 Å². The lowest BCUT2D eigenvalue weighted by molar-refractivity contribution is 0.0746. The van der Waals surface area contributed by atoms with Crippen LogP contribution >= 0.6 is 11.6 Å². The van der Waals surface area contributed by atoms with E-state index < -0.39 is 17.2 Å². The first-order valence-corrected chi connectivity index (χ1v) is 8.81. The predicted octanol–water partition coefficient (Wildman–Crippen LogP) is 4.62. The maximum absolute atomic E-state index is 14.8. The second kappa shape index (κ2) is 6.61. The molecule has 0 saturated carbocycles. The molecule has 1 N–H and O–H groups in total. The molecule has 0 aliphatic rings. The van der Waals surface area contributed by atoms with E-state index in [0.29, 0.717) is 16.4 Å². The summed E-state index contributed by atoms with van der Waals surface area (Å²) >= 11 is 5.95. The van der Waals surface area contributed by atoms with Crippen molar-refractivity contribution in [3.8, 4) is 22.8 Å². The minimum absolute atomic E-state index is 0.0590. The summed E-state index contributed by atoms with van der Waals surface area (Å²) in [6, 6.07) is 7.25. The molecule has 0 aliphatic heterocycles. The fourth-order valence-corrected chi connectivity index (χ4v) is 3.15. The largest absolute Gasteiger partial charge is 0.386 e. The molecule has 0 amide bonds. The number of hydrogen-bond donors (Lipinski definition) is 1. The summed E-state index contributed by atoms with van der Waals surface area (Å²) in [5.41, 5.74) is -0.0390. The Hall–Kier alpha value is -2.90. The lowest BCUT2D eigenvalue weighted by Crippen LogP contribution is -2.18. The number of nitrogens with zero attached hydrogens (tertiary/aromatic N) is 4. The maximum Gasteiger partial charge on any atom is 0.174 e. The highest BCUT2D eigenvalue weighted by Gasteiger charge is 2.24. The molecule has 4 rings (SSSR count). The Morgan fingerprint density at radius 1 is 1.11 bits per heavy atom. The Labute approximate surface area is 164 Å². The summed E-state index contributed by atoms with van der Waals surface area (Å²) in [4.78, 5) is 12.6. The normalized spacial score (nSPS) is 11.9. The highest BCUT2D eigenvalue weighted by molar-refractivity contribution is 6.30. The van der Waals surface area contributed by atoms with Crippen LogP contribution in [-0.2, 0) is 5.60 Å². The van der Waals surface area contributed by atoms with Crippen molar-refractivity contribution in [1.82, 2.24) is 19.4 Å². The Kier molecular flexibility index (Phi) is 4.36. The van der Waals surface area contributed by atoms with Gasteiger partial charge in [-0.25, -0.2) is 23.7 Å². The van der Waals surface area contributed by atoms with E-state index >= 15 is 0 Å². The third-order valence-electron chi connectivity index (χ3n) is 4.37. The monoisotopic (exact) mass is 400 g/mol. The van der Waals surface area contributed by atoms with Gasteiger partial charge in [-0.1, -0.05) is 11.6 Å². The van der Waals surface area contributed by atoms with Crippen molar-refractivity contribution in [2.75, 3.05) is 0 Å². The standard InChI is InChI=1S/C20H15ClF2N4O/c1-20(2,28)13-6-8-27-16(10-25-19(27)17(13)23)15-5-7-24-18(26-15)12-9-11(21)3-4-14(12)22/h3-10,28H,1-2H3. The van der Waals surface area contributed by atoms with E-state index in [1.165, 1.54) is 54.9 Å². The molecular formula is C20H15ClF2N4O. The van der Waals surface area contributed by atoms with Gasteiger partial charge in [0.1, 0.15) is 5.82 Å². The minimum atomic E-state index is -1.34. The molecule has 0 unspecified atom stereocenters. The third kappa shape index (κ3) is 3.12. The van der Waals surface area contributed by atoms with Gasteiger partial charge in [0, 0.05) is 23.0 Å². The van der Waals surface area contributed by atoms with Gasteiger partial charge in [-0.15, -0.1) is 0 Å². The fourth-order valence-electron chi connectivity index (χ4n) is 2.98. The maximum atomic E-state index is 14.8. The van der Waals surface area contributed by atoms with Crippen LogP contribution in [-0.4, -0.2) is 24.5 Å². The van der Waals surface area contributed by atoms with Gasteiger partial charge in [-0.05, 0) is 44.2 Å². The van der Waals surface area contributed by atoms with Gasteiger partial charge >= 0.3 is 0 Å². The Bertz CT molecular complexity index is 1200. The third-order valence-corrected chi connectivity index (χ3v) is 4.60. The number of rotatable bonds is 3. The van der Waals surface area contributed by atoms with Gasteiger partial charge in [0.15, 0.2) is 17.3 Å². The van der Waals surface area contributed by atoms with Crippen LogP contribution in [0.3, 0.4) is 0 Å². The van der Waals surface area contributed by atoms with Gasteiger partial charge < -0.3 is 5.11 Å². The second-order valence-electron chi connectivity index (χ2n) is 6.83. The molecular weight excluding hydrogens is 386 g/mol. The highest BCUT2D eigenvalue weighted by Crippen LogP contribution is 2.29. The summed E-state index contributed by atoms with van der Waals surface area (Å²) in [7, 11) is 0. The molecule has 0 saturated heterocycles. The fraction of sp³-hybridized carbons (Fsp3) is 0.150. The molecule has 4 aromatic rings. The lowest BCUT2D eigenvalue weighted by Gasteiger charge is -2.18. The minimum Gasteiger partial charge on any atom is -0.386 e. The van der Waals surface area contributed by atoms with Crippen molar-refractivity contribution in [1.29, 1.82) is 0 Å². The van der Waals surface area contributed by atoms with Crippen LogP contribution in [0.5, 0.6) is 0 Å². The van der Waals surface area contributed by atoms with Crippen LogP contribution < -0.4 is 0 Å². The molecule has 28 heavy (non-hydrogen) atoms. The number of fused-ring (bicyclic) bond motifs is 1. The summed E-state index contributed by atoms with van der Waals surface area (Å²) < 4.78 is 30.5. The topological polar surface area (TPSA) is 63.3 Å². The molecule has 0 spiro atoms. The number of pyridine rings is 1. The molecule has 0 atom stereocenters. The van der Waals surface area contributed by atoms with Crippen LogP contribution in [0.25, 0.3) is 28.4 Å². The van der Waals surface area contributed by atoms with E-state index in [2.05, 4.69) is 15.0 Å². The van der Waals surface area contributed by atoms with Crippen LogP contribution in [0.15, 0.2) is 48.9 Å². The quantitative estimate of drug-likeness (QED) is 0.545. The Morgan fingerprint density at radius 3 is 2.64 bits per heavy atom. The van der Waals surface area contributed by atoms with Crippen molar-refractivity contribution < 1.29 is 13.9 Å². The molecule has 3 heterocycles. The van der Waals surface area contributed by atoms with E-state index in [4.69, 9.17) is 11.6 Å². The SMILES string of the molecule is CC(C)(O)c1ccn2c(-c3ccnc(-c4cc(Cl)ccc4F)n3)cnc2c1F. The smallest absolute Gasteiger partial charge is 0.174 e. The van der Waals surface area contributed by atoms with Crippen LogP contribution in [0.4, 0.5) is 8.78 Å². The molecule has 0 fully saturated rings. The second-order valence-corrected chi connectivity index (χ2v) is 7.27. The van der Waals surface area contributed by atoms with Gasteiger partial charge in [0.25, 0.3) is 0 Å². The average Bonchev–Trinajstić information content (AvgIpc) is 3.08. The van der Waals surface area contributed by atoms with E-state index in [1.54, 1.807) is 12.3 Å². The van der Waals surface area contributed by atoms with Gasteiger partial charge in [-0.2, -0.15) is 0 Å². The number of aromatic nitrogens is 4. The molecule has 0 radical (unpaired) electrons. The van der Waals surface area contributed by atoms with Gasteiger partial charge in [0.2, 0.25) is 0 Å². The van der Waals surface area contributed by atoms with E-state index in [0.717, 1.165) is 0 Å². The van der Waals surface area contributed by atoms with Crippen molar-refractivity contribution in [3.63, 3.8) is 0 Å². The Morgan fingerprint density at radius 2 is 1.89 bits per heavy atom. The molecule has 5 nitrogen and oxygen atoms in total. The molecule has 1 aromatic carbocycles. The first kappa shape index (κ1) is 18.5. The molecule has 3 aromatic heterocycles. The van der Waals surface area contributed by atoms with E-state index in [9.17, 15) is 13.9 Å². The predicted molar refractivity (Wildman–Crippen MR) is 102 cm³/mol. The molecule has 8 heteroatoms. The van der Waals surface area contributed by atoms with Crippen molar-refractivity contribution in [2.24, 2.45) is 0 Å². The summed E-state index contributed by atoms with van der Waals surface area (Å²) in [6.07, 6.45) is 4.56. The van der Waals surface area contributed by atoms with E-state index in [-0.39, 0.29) is 22.6 Å². The highest BCUT2D eigenvalue weighted by atomic mass is 35.5. The summed E-state index contributed by atoms with van der Waals surface area (Å²) in [6.45, 7) is 3.00. The zero-order valence-corrected chi connectivity index (χ0v) is 15.7. The number of benzene rings is 1. The van der Waals surface area contributed by atoms with Crippen molar-refractivity contribution in [2.45, 2.75) is 19.4 Å². The first-order chi connectivity index (χ1) is 13.3. The zero-order chi connectivity index (χ0) is 20.1. The van der Waals surface area contributed by atoms with Crippen LogP contribution in [0, 0.1) is 11.6 Å².